The molecular formula is C21H21N5O2. The number of amides is 1. The molecule has 2 aromatic heterocycles. The molecule has 0 saturated heterocycles. The molecule has 0 atom stereocenters. The zero-order valence-electron chi connectivity index (χ0n) is 15.8. The molecule has 28 heavy (non-hydrogen) atoms. The number of H-pyrrole nitrogens is 1. The van der Waals surface area contributed by atoms with Crippen molar-refractivity contribution >= 4 is 28.3 Å². The summed E-state index contributed by atoms with van der Waals surface area (Å²) >= 11 is 0. The van der Waals surface area contributed by atoms with Crippen molar-refractivity contribution in [2.24, 2.45) is 10.7 Å². The summed E-state index contributed by atoms with van der Waals surface area (Å²) in [6.07, 6.45) is 5.13. The first-order valence-corrected chi connectivity index (χ1v) is 9.35. The lowest BCUT2D eigenvalue weighted by Gasteiger charge is -2.40. The van der Waals surface area contributed by atoms with Crippen LogP contribution in [0.3, 0.4) is 0 Å². The van der Waals surface area contributed by atoms with Gasteiger partial charge in [-0.05, 0) is 42.7 Å². The zero-order valence-corrected chi connectivity index (χ0v) is 15.8. The number of benzene rings is 1. The number of nitrogens with zero attached hydrogens (tertiary/aromatic N) is 2. The van der Waals surface area contributed by atoms with Crippen LogP contribution in [0.15, 0.2) is 35.5 Å². The van der Waals surface area contributed by atoms with E-state index in [4.69, 9.17) is 15.5 Å². The van der Waals surface area contributed by atoms with Gasteiger partial charge in [0.1, 0.15) is 17.3 Å². The highest BCUT2D eigenvalue weighted by molar-refractivity contribution is 6.05. The number of rotatable bonds is 3. The molecule has 7 heteroatoms. The van der Waals surface area contributed by atoms with Gasteiger partial charge in [0.2, 0.25) is 0 Å². The molecule has 1 saturated carbocycles. The van der Waals surface area contributed by atoms with Gasteiger partial charge in [0.05, 0.1) is 23.9 Å². The molecule has 7 nitrogen and oxygen atoms in total. The first kappa shape index (κ1) is 16.8. The normalized spacial score (nSPS) is 16.6. The lowest BCUT2D eigenvalue weighted by molar-refractivity contribution is 0.0997. The highest BCUT2D eigenvalue weighted by atomic mass is 16.5. The summed E-state index contributed by atoms with van der Waals surface area (Å²) in [6.45, 7) is 0. The number of nitrogens with one attached hydrogen (secondary N) is 2. The van der Waals surface area contributed by atoms with E-state index in [2.05, 4.69) is 21.4 Å². The standard InChI is InChI=1S/C21H21N5O2/c1-23-20-21(5-3-6-21)13-9-17(28-2)12(8-16(13)26-20)15-10-14-11(4-7-24-14)18(25-15)19(22)27/h4,7-10,24H,3,5-6H2,1-2H3,(H2,22,27)(H,23,26). The number of amidine groups is 1. The summed E-state index contributed by atoms with van der Waals surface area (Å²) in [5, 5.41) is 3.98. The number of likely N-dealkylation sites (N-methyl/N-ethyl adjacent to an activating group) is 1. The fraction of sp³-hybridized carbons (Fsp3) is 0.286. The van der Waals surface area contributed by atoms with E-state index in [0.717, 1.165) is 35.4 Å². The van der Waals surface area contributed by atoms with Gasteiger partial charge >= 0.3 is 0 Å². The number of carbonyl (C=O) groups excluding carboxylic acids is 1. The molecule has 1 spiro atoms. The monoisotopic (exact) mass is 375 g/mol. The maximum Gasteiger partial charge on any atom is 0.268 e. The van der Waals surface area contributed by atoms with Crippen molar-refractivity contribution in [1.82, 2.24) is 15.3 Å². The third kappa shape index (κ3) is 2.13. The van der Waals surface area contributed by atoms with Crippen LogP contribution in [-0.2, 0) is 5.41 Å². The summed E-state index contributed by atoms with van der Waals surface area (Å²) in [5.74, 6) is 1.17. The highest BCUT2D eigenvalue weighted by Crippen LogP contribution is 2.54. The van der Waals surface area contributed by atoms with Crippen LogP contribution < -0.4 is 15.8 Å². The van der Waals surface area contributed by atoms with E-state index in [9.17, 15) is 4.79 Å². The minimum Gasteiger partial charge on any atom is -0.496 e. The number of hydrogen-bond donors (Lipinski definition) is 3. The predicted molar refractivity (Wildman–Crippen MR) is 108 cm³/mol. The van der Waals surface area contributed by atoms with E-state index in [0.29, 0.717) is 16.8 Å². The third-order valence-corrected chi connectivity index (χ3v) is 6.02. The van der Waals surface area contributed by atoms with Gasteiger partial charge in [0.15, 0.2) is 0 Å². The van der Waals surface area contributed by atoms with Crippen LogP contribution in [-0.4, -0.2) is 35.9 Å². The number of carbonyl (C=O) groups is 1. The van der Waals surface area contributed by atoms with Gasteiger partial charge in [-0.25, -0.2) is 9.98 Å². The molecule has 1 aliphatic heterocycles. The Bertz CT molecular complexity index is 1160. The van der Waals surface area contributed by atoms with Crippen LogP contribution in [0.4, 0.5) is 5.69 Å². The first-order chi connectivity index (χ1) is 13.6. The molecule has 142 valence electrons. The molecule has 0 radical (unpaired) electrons. The molecule has 3 heterocycles. The molecule has 1 fully saturated rings. The second-order valence-corrected chi connectivity index (χ2v) is 7.37. The van der Waals surface area contributed by atoms with Gasteiger partial charge in [-0.1, -0.05) is 6.42 Å². The molecule has 1 amide bonds. The summed E-state index contributed by atoms with van der Waals surface area (Å²) < 4.78 is 5.71. The van der Waals surface area contributed by atoms with E-state index < -0.39 is 5.91 Å². The Morgan fingerprint density at radius 1 is 1.32 bits per heavy atom. The predicted octanol–water partition coefficient (Wildman–Crippen LogP) is 3.02. The number of primary amides is 1. The first-order valence-electron chi connectivity index (χ1n) is 9.35. The fourth-order valence-corrected chi connectivity index (χ4v) is 4.48. The van der Waals surface area contributed by atoms with Gasteiger partial charge in [-0.15, -0.1) is 0 Å². The molecule has 0 bridgehead atoms. The van der Waals surface area contributed by atoms with Gasteiger partial charge in [-0.2, -0.15) is 0 Å². The van der Waals surface area contributed by atoms with E-state index in [1.54, 1.807) is 19.4 Å². The van der Waals surface area contributed by atoms with Crippen LogP contribution >= 0.6 is 0 Å². The number of pyridine rings is 1. The Labute approximate surface area is 162 Å². The van der Waals surface area contributed by atoms with Crippen molar-refractivity contribution < 1.29 is 9.53 Å². The highest BCUT2D eigenvalue weighted by Gasteiger charge is 2.48. The second-order valence-electron chi connectivity index (χ2n) is 7.37. The number of ether oxygens (including phenoxy) is 1. The van der Waals surface area contributed by atoms with E-state index in [-0.39, 0.29) is 11.1 Å². The van der Waals surface area contributed by atoms with Crippen molar-refractivity contribution in [1.29, 1.82) is 0 Å². The maximum atomic E-state index is 11.9. The van der Waals surface area contributed by atoms with E-state index in [1.165, 1.54) is 12.0 Å². The van der Waals surface area contributed by atoms with Crippen LogP contribution in [0.1, 0.15) is 35.3 Å². The molecular weight excluding hydrogens is 354 g/mol. The van der Waals surface area contributed by atoms with E-state index in [1.807, 2.05) is 19.2 Å². The van der Waals surface area contributed by atoms with Gasteiger partial charge < -0.3 is 20.8 Å². The minimum atomic E-state index is -0.560. The number of aromatic amines is 1. The minimum absolute atomic E-state index is 0.0227. The number of hydrogen-bond acceptors (Lipinski definition) is 5. The topological polar surface area (TPSA) is 105 Å². The Morgan fingerprint density at radius 3 is 2.79 bits per heavy atom. The summed E-state index contributed by atoms with van der Waals surface area (Å²) in [4.78, 5) is 24.5. The Morgan fingerprint density at radius 2 is 2.14 bits per heavy atom. The smallest absolute Gasteiger partial charge is 0.268 e. The summed E-state index contributed by atoms with van der Waals surface area (Å²) in [7, 11) is 3.57. The van der Waals surface area contributed by atoms with Crippen molar-refractivity contribution in [3.05, 3.63) is 41.7 Å². The van der Waals surface area contributed by atoms with Crippen LogP contribution in [0.5, 0.6) is 5.75 Å². The Balaban J connectivity index is 1.73. The molecule has 2 aliphatic rings. The molecule has 1 aromatic carbocycles. The SMILES string of the molecule is CNC1=Nc2cc(-c3cc4[nH]ccc4c(C(N)=O)n3)c(OC)cc2C12CCC2. The lowest BCUT2D eigenvalue weighted by atomic mass is 9.64. The van der Waals surface area contributed by atoms with Gasteiger partial charge in [0.25, 0.3) is 5.91 Å². The number of aliphatic imine (C=N–C) groups is 1. The summed E-state index contributed by atoms with van der Waals surface area (Å²) in [6, 6.07) is 7.78. The molecule has 0 unspecified atom stereocenters. The average molecular weight is 375 g/mol. The summed E-state index contributed by atoms with van der Waals surface area (Å²) in [5.41, 5.74) is 10.1. The zero-order chi connectivity index (χ0) is 19.5. The Hall–Kier alpha value is -3.35. The lowest BCUT2D eigenvalue weighted by Crippen LogP contribution is -2.45. The van der Waals surface area contributed by atoms with Crippen molar-refractivity contribution in [2.75, 3.05) is 14.2 Å². The molecule has 5 rings (SSSR count). The second kappa shape index (κ2) is 5.82. The van der Waals surface area contributed by atoms with Crippen molar-refractivity contribution in [3.8, 4) is 17.0 Å². The number of fused-ring (bicyclic) bond motifs is 3. The molecule has 4 N–H and O–H groups in total. The average Bonchev–Trinajstić information content (AvgIpc) is 3.26. The maximum absolute atomic E-state index is 11.9. The van der Waals surface area contributed by atoms with Crippen LogP contribution in [0.2, 0.25) is 0 Å². The third-order valence-electron chi connectivity index (χ3n) is 6.02. The van der Waals surface area contributed by atoms with Gasteiger partial charge in [0, 0.05) is 29.7 Å². The van der Waals surface area contributed by atoms with Crippen molar-refractivity contribution in [2.45, 2.75) is 24.7 Å². The quantitative estimate of drug-likeness (QED) is 0.654. The largest absolute Gasteiger partial charge is 0.496 e. The van der Waals surface area contributed by atoms with Crippen LogP contribution in [0, 0.1) is 0 Å². The van der Waals surface area contributed by atoms with E-state index >= 15 is 0 Å². The van der Waals surface area contributed by atoms with Crippen LogP contribution in [0.25, 0.3) is 22.2 Å². The Kier molecular flexibility index (Phi) is 3.49. The molecule has 3 aromatic rings. The molecule has 1 aliphatic carbocycles. The number of aromatic nitrogens is 2. The van der Waals surface area contributed by atoms with Gasteiger partial charge in [-0.3, -0.25) is 4.79 Å². The number of methoxy groups -OCH3 is 1. The fourth-order valence-electron chi connectivity index (χ4n) is 4.48. The van der Waals surface area contributed by atoms with Crippen molar-refractivity contribution in [3.63, 3.8) is 0 Å². The number of nitrogens with two attached hydrogens (primary N) is 1.